The van der Waals surface area contributed by atoms with Gasteiger partial charge in [-0.2, -0.15) is 4.98 Å². The van der Waals surface area contributed by atoms with Gasteiger partial charge in [0.25, 0.3) is 0 Å². The Bertz CT molecular complexity index is 684. The molecule has 3 heterocycles. The average molecular weight is 306 g/mol. The van der Waals surface area contributed by atoms with E-state index in [-0.39, 0.29) is 0 Å². The van der Waals surface area contributed by atoms with Crippen LogP contribution in [-0.2, 0) is 13.1 Å². The van der Waals surface area contributed by atoms with Crippen LogP contribution in [0.15, 0.2) is 55.1 Å². The first-order valence-electron chi connectivity index (χ1n) is 7.41. The molecule has 3 aromatic rings. The van der Waals surface area contributed by atoms with Crippen LogP contribution in [0.4, 0.5) is 11.8 Å². The van der Waals surface area contributed by atoms with Gasteiger partial charge in [0.05, 0.1) is 0 Å². The van der Waals surface area contributed by atoms with Crippen LogP contribution in [-0.4, -0.2) is 19.9 Å². The molecule has 0 amide bonds. The highest BCUT2D eigenvalue weighted by Crippen LogP contribution is 2.12. The van der Waals surface area contributed by atoms with Gasteiger partial charge in [-0.1, -0.05) is 12.1 Å². The fourth-order valence-corrected chi connectivity index (χ4v) is 2.12. The summed E-state index contributed by atoms with van der Waals surface area (Å²) in [5, 5.41) is 6.52. The van der Waals surface area contributed by atoms with Gasteiger partial charge in [0.1, 0.15) is 5.82 Å². The molecule has 3 rings (SSSR count). The predicted molar refractivity (Wildman–Crippen MR) is 89.9 cm³/mol. The average Bonchev–Trinajstić information content (AvgIpc) is 2.60. The first kappa shape index (κ1) is 14.9. The van der Waals surface area contributed by atoms with Gasteiger partial charge in [-0.05, 0) is 30.2 Å². The van der Waals surface area contributed by atoms with E-state index in [1.54, 1.807) is 12.4 Å². The standard InChI is InChI=1S/C17H18N6/c1-13-8-16(20-11-14-4-2-6-18-9-14)23-17(22-13)21-12-15-5-3-7-19-10-15/h2-10H,11-12H2,1H3,(H2,20,21,22,23). The van der Waals surface area contributed by atoms with Crippen LogP contribution in [0.25, 0.3) is 0 Å². The third-order valence-electron chi connectivity index (χ3n) is 3.22. The first-order valence-corrected chi connectivity index (χ1v) is 7.41. The van der Waals surface area contributed by atoms with Crippen LogP contribution in [0, 0.1) is 6.92 Å². The van der Waals surface area contributed by atoms with Crippen LogP contribution < -0.4 is 10.6 Å². The summed E-state index contributed by atoms with van der Waals surface area (Å²) in [6.07, 6.45) is 7.18. The summed E-state index contributed by atoms with van der Waals surface area (Å²) in [5.41, 5.74) is 3.10. The molecule has 0 bridgehead atoms. The second-order valence-corrected chi connectivity index (χ2v) is 5.15. The van der Waals surface area contributed by atoms with Gasteiger partial charge < -0.3 is 10.6 Å². The van der Waals surface area contributed by atoms with Crippen molar-refractivity contribution in [2.45, 2.75) is 20.0 Å². The lowest BCUT2D eigenvalue weighted by atomic mass is 10.3. The van der Waals surface area contributed by atoms with Gasteiger partial charge in [-0.3, -0.25) is 9.97 Å². The van der Waals surface area contributed by atoms with Crippen LogP contribution in [0.1, 0.15) is 16.8 Å². The van der Waals surface area contributed by atoms with Crippen molar-refractivity contribution in [2.75, 3.05) is 10.6 Å². The van der Waals surface area contributed by atoms with E-state index >= 15 is 0 Å². The Morgan fingerprint density at radius 1 is 0.870 bits per heavy atom. The number of nitrogens with one attached hydrogen (secondary N) is 2. The molecule has 116 valence electrons. The fraction of sp³-hybridized carbons (Fsp3) is 0.176. The molecule has 0 aliphatic carbocycles. The number of rotatable bonds is 6. The monoisotopic (exact) mass is 306 g/mol. The van der Waals surface area contributed by atoms with E-state index in [1.807, 2.05) is 49.6 Å². The largest absolute Gasteiger partial charge is 0.366 e. The molecule has 0 spiro atoms. The highest BCUT2D eigenvalue weighted by molar-refractivity contribution is 5.42. The van der Waals surface area contributed by atoms with Crippen molar-refractivity contribution in [1.29, 1.82) is 0 Å². The third-order valence-corrected chi connectivity index (χ3v) is 3.22. The SMILES string of the molecule is Cc1cc(NCc2cccnc2)nc(NCc2cccnc2)n1. The minimum absolute atomic E-state index is 0.600. The molecule has 0 aliphatic heterocycles. The Hall–Kier alpha value is -3.02. The molecule has 0 atom stereocenters. The summed E-state index contributed by atoms with van der Waals surface area (Å²) in [6, 6.07) is 9.79. The molecular weight excluding hydrogens is 288 g/mol. The summed E-state index contributed by atoms with van der Waals surface area (Å²) in [7, 11) is 0. The number of nitrogens with zero attached hydrogens (tertiary/aromatic N) is 4. The number of hydrogen-bond donors (Lipinski definition) is 2. The van der Waals surface area contributed by atoms with Crippen molar-refractivity contribution in [2.24, 2.45) is 0 Å². The number of anilines is 2. The zero-order valence-electron chi connectivity index (χ0n) is 12.9. The van der Waals surface area contributed by atoms with Gasteiger partial charge in [-0.15, -0.1) is 0 Å². The lowest BCUT2D eigenvalue weighted by Gasteiger charge is -2.10. The van der Waals surface area contributed by atoms with E-state index in [4.69, 9.17) is 0 Å². The second-order valence-electron chi connectivity index (χ2n) is 5.15. The zero-order chi connectivity index (χ0) is 15.9. The number of hydrogen-bond acceptors (Lipinski definition) is 6. The Labute approximate surface area is 135 Å². The Morgan fingerprint density at radius 2 is 1.52 bits per heavy atom. The molecule has 23 heavy (non-hydrogen) atoms. The van der Waals surface area contributed by atoms with Crippen molar-refractivity contribution < 1.29 is 0 Å². The maximum atomic E-state index is 4.49. The summed E-state index contributed by atoms with van der Waals surface area (Å²) >= 11 is 0. The summed E-state index contributed by atoms with van der Waals surface area (Å²) in [6.45, 7) is 3.26. The van der Waals surface area contributed by atoms with Crippen molar-refractivity contribution in [3.63, 3.8) is 0 Å². The molecule has 6 nitrogen and oxygen atoms in total. The molecule has 0 aliphatic rings. The number of aromatic nitrogens is 4. The lowest BCUT2D eigenvalue weighted by molar-refractivity contribution is 1.00. The number of pyridine rings is 2. The molecule has 0 saturated heterocycles. The fourth-order valence-electron chi connectivity index (χ4n) is 2.12. The van der Waals surface area contributed by atoms with E-state index < -0.39 is 0 Å². The molecule has 0 fully saturated rings. The molecule has 0 saturated carbocycles. The predicted octanol–water partition coefficient (Wildman–Crippen LogP) is 2.80. The molecule has 0 aromatic carbocycles. The van der Waals surface area contributed by atoms with E-state index in [9.17, 15) is 0 Å². The Balaban J connectivity index is 1.64. The molecule has 3 aromatic heterocycles. The highest BCUT2D eigenvalue weighted by Gasteiger charge is 2.03. The smallest absolute Gasteiger partial charge is 0.225 e. The highest BCUT2D eigenvalue weighted by atomic mass is 15.1. The van der Waals surface area contributed by atoms with Gasteiger partial charge >= 0.3 is 0 Å². The quantitative estimate of drug-likeness (QED) is 0.729. The van der Waals surface area contributed by atoms with E-state index in [1.165, 1.54) is 0 Å². The molecule has 2 N–H and O–H groups in total. The molecular formula is C17H18N6. The molecule has 0 unspecified atom stereocenters. The normalized spacial score (nSPS) is 10.3. The minimum atomic E-state index is 0.600. The van der Waals surface area contributed by atoms with Crippen molar-refractivity contribution >= 4 is 11.8 Å². The van der Waals surface area contributed by atoms with Crippen LogP contribution in [0.5, 0.6) is 0 Å². The van der Waals surface area contributed by atoms with Crippen LogP contribution >= 0.6 is 0 Å². The zero-order valence-corrected chi connectivity index (χ0v) is 12.9. The van der Waals surface area contributed by atoms with Crippen LogP contribution in [0.2, 0.25) is 0 Å². The number of aryl methyl sites for hydroxylation is 1. The van der Waals surface area contributed by atoms with Crippen LogP contribution in [0.3, 0.4) is 0 Å². The third kappa shape index (κ3) is 4.47. The second kappa shape index (κ2) is 7.31. The Morgan fingerprint density at radius 3 is 2.13 bits per heavy atom. The van der Waals surface area contributed by atoms with Crippen molar-refractivity contribution in [3.8, 4) is 0 Å². The minimum Gasteiger partial charge on any atom is -0.366 e. The van der Waals surface area contributed by atoms with E-state index in [0.29, 0.717) is 19.0 Å². The van der Waals surface area contributed by atoms with Gasteiger partial charge in [-0.25, -0.2) is 4.98 Å². The summed E-state index contributed by atoms with van der Waals surface area (Å²) < 4.78 is 0. The molecule has 6 heteroatoms. The van der Waals surface area contributed by atoms with Crippen molar-refractivity contribution in [3.05, 3.63) is 71.9 Å². The van der Waals surface area contributed by atoms with E-state index in [0.717, 1.165) is 22.6 Å². The summed E-state index contributed by atoms with van der Waals surface area (Å²) in [5.74, 6) is 1.39. The van der Waals surface area contributed by atoms with Gasteiger partial charge in [0.15, 0.2) is 0 Å². The topological polar surface area (TPSA) is 75.6 Å². The van der Waals surface area contributed by atoms with Gasteiger partial charge in [0.2, 0.25) is 5.95 Å². The summed E-state index contributed by atoms with van der Waals surface area (Å²) in [4.78, 5) is 17.1. The Kier molecular flexibility index (Phi) is 4.73. The lowest BCUT2D eigenvalue weighted by Crippen LogP contribution is -2.08. The van der Waals surface area contributed by atoms with Crippen molar-refractivity contribution in [1.82, 2.24) is 19.9 Å². The van der Waals surface area contributed by atoms with E-state index in [2.05, 4.69) is 30.6 Å². The maximum absolute atomic E-state index is 4.49. The first-order chi connectivity index (χ1) is 11.3. The maximum Gasteiger partial charge on any atom is 0.225 e. The van der Waals surface area contributed by atoms with Gasteiger partial charge in [0, 0.05) is 49.6 Å². The molecule has 0 radical (unpaired) electrons.